The molecule has 0 aliphatic heterocycles. The summed E-state index contributed by atoms with van der Waals surface area (Å²) in [7, 11) is 3.05. The molecular weight excluding hydrogens is 250 g/mol. The zero-order valence-corrected chi connectivity index (χ0v) is 10.2. The first kappa shape index (κ1) is 11.2. The van der Waals surface area contributed by atoms with Gasteiger partial charge in [-0.3, -0.25) is 4.79 Å². The standard InChI is InChI=1S/C10H8ClNO3S/c1-14-6-3-5(4-13)7-9(8(6)15-2)16-10(11)12-7/h3-4H,1-2H3. The van der Waals surface area contributed by atoms with E-state index in [2.05, 4.69) is 4.98 Å². The first-order chi connectivity index (χ1) is 7.71. The van der Waals surface area contributed by atoms with Gasteiger partial charge in [0.15, 0.2) is 22.3 Å². The van der Waals surface area contributed by atoms with E-state index in [1.807, 2.05) is 0 Å². The van der Waals surface area contributed by atoms with Crippen LogP contribution in [0.2, 0.25) is 4.47 Å². The van der Waals surface area contributed by atoms with Crippen LogP contribution in [-0.2, 0) is 0 Å². The molecule has 0 atom stereocenters. The quantitative estimate of drug-likeness (QED) is 0.794. The predicted molar refractivity (Wildman–Crippen MR) is 63.1 cm³/mol. The van der Waals surface area contributed by atoms with Crippen LogP contribution >= 0.6 is 22.9 Å². The van der Waals surface area contributed by atoms with Crippen LogP contribution in [0, 0.1) is 0 Å². The molecule has 1 aromatic carbocycles. The number of carbonyl (C=O) groups is 1. The van der Waals surface area contributed by atoms with Crippen molar-refractivity contribution in [3.05, 3.63) is 16.1 Å². The highest BCUT2D eigenvalue weighted by Gasteiger charge is 2.17. The molecule has 0 spiro atoms. The number of hydrogen-bond acceptors (Lipinski definition) is 5. The zero-order chi connectivity index (χ0) is 11.7. The molecule has 1 aromatic heterocycles. The van der Waals surface area contributed by atoms with Crippen molar-refractivity contribution in [1.82, 2.24) is 4.98 Å². The van der Waals surface area contributed by atoms with E-state index in [1.54, 1.807) is 6.07 Å². The number of halogens is 1. The molecule has 6 heteroatoms. The van der Waals surface area contributed by atoms with Crippen LogP contribution in [-0.4, -0.2) is 25.5 Å². The van der Waals surface area contributed by atoms with Crippen LogP contribution in [0.25, 0.3) is 10.2 Å². The van der Waals surface area contributed by atoms with Gasteiger partial charge >= 0.3 is 0 Å². The van der Waals surface area contributed by atoms with Crippen molar-refractivity contribution in [3.8, 4) is 11.5 Å². The summed E-state index contributed by atoms with van der Waals surface area (Å²) in [5, 5.41) is 0. The SMILES string of the molecule is COc1cc(C=O)c2nc(Cl)sc2c1OC. The maximum Gasteiger partial charge on any atom is 0.184 e. The summed E-state index contributed by atoms with van der Waals surface area (Å²) < 4.78 is 11.5. The molecule has 1 heterocycles. The minimum absolute atomic E-state index is 0.365. The Kier molecular flexibility index (Phi) is 2.98. The van der Waals surface area contributed by atoms with Crippen LogP contribution in [0.4, 0.5) is 0 Å². The molecule has 0 N–H and O–H groups in total. The van der Waals surface area contributed by atoms with Crippen LogP contribution in [0.3, 0.4) is 0 Å². The molecule has 0 amide bonds. The molecule has 0 radical (unpaired) electrons. The second-order valence-corrected chi connectivity index (χ2v) is 4.54. The highest BCUT2D eigenvalue weighted by Crippen LogP contribution is 2.41. The summed E-state index contributed by atoms with van der Waals surface area (Å²) in [4.78, 5) is 15.0. The first-order valence-corrected chi connectivity index (χ1v) is 5.57. The van der Waals surface area contributed by atoms with Gasteiger partial charge in [0.2, 0.25) is 0 Å². The lowest BCUT2D eigenvalue weighted by Crippen LogP contribution is -1.93. The molecule has 16 heavy (non-hydrogen) atoms. The van der Waals surface area contributed by atoms with E-state index in [-0.39, 0.29) is 0 Å². The predicted octanol–water partition coefficient (Wildman–Crippen LogP) is 2.78. The average Bonchev–Trinajstić information content (AvgIpc) is 2.67. The van der Waals surface area contributed by atoms with Gasteiger partial charge in [0.25, 0.3) is 0 Å². The number of carbonyl (C=O) groups excluding carboxylic acids is 1. The second kappa shape index (κ2) is 4.27. The van der Waals surface area contributed by atoms with Gasteiger partial charge < -0.3 is 9.47 Å². The first-order valence-electron chi connectivity index (χ1n) is 4.37. The summed E-state index contributed by atoms with van der Waals surface area (Å²) >= 11 is 7.08. The normalized spacial score (nSPS) is 10.4. The summed E-state index contributed by atoms with van der Waals surface area (Å²) in [5.41, 5.74) is 0.985. The van der Waals surface area contributed by atoms with E-state index in [0.29, 0.717) is 31.7 Å². The van der Waals surface area contributed by atoms with Gasteiger partial charge in [-0.2, -0.15) is 0 Å². The smallest absolute Gasteiger partial charge is 0.184 e. The zero-order valence-electron chi connectivity index (χ0n) is 8.61. The fourth-order valence-corrected chi connectivity index (χ4v) is 2.62. The van der Waals surface area contributed by atoms with Crippen molar-refractivity contribution in [1.29, 1.82) is 0 Å². The van der Waals surface area contributed by atoms with Gasteiger partial charge in [0.05, 0.1) is 19.7 Å². The van der Waals surface area contributed by atoms with Gasteiger partial charge in [-0.25, -0.2) is 4.98 Å². The highest BCUT2D eigenvalue weighted by atomic mass is 35.5. The monoisotopic (exact) mass is 257 g/mol. The van der Waals surface area contributed by atoms with Crippen molar-refractivity contribution in [2.75, 3.05) is 14.2 Å². The average molecular weight is 258 g/mol. The summed E-state index contributed by atoms with van der Waals surface area (Å²) in [6, 6.07) is 1.59. The molecule has 0 unspecified atom stereocenters. The second-order valence-electron chi connectivity index (χ2n) is 2.96. The summed E-state index contributed by atoms with van der Waals surface area (Å²) in [6.45, 7) is 0. The lowest BCUT2D eigenvalue weighted by molar-refractivity contribution is 0.112. The Balaban J connectivity index is 2.87. The van der Waals surface area contributed by atoms with Crippen LogP contribution in [0.5, 0.6) is 11.5 Å². The lowest BCUT2D eigenvalue weighted by atomic mass is 10.2. The van der Waals surface area contributed by atoms with Crippen molar-refractivity contribution in [2.45, 2.75) is 0 Å². The van der Waals surface area contributed by atoms with Gasteiger partial charge in [0, 0.05) is 5.56 Å². The molecule has 0 saturated carbocycles. The lowest BCUT2D eigenvalue weighted by Gasteiger charge is -2.08. The third-order valence-electron chi connectivity index (χ3n) is 2.14. The van der Waals surface area contributed by atoms with Crippen molar-refractivity contribution < 1.29 is 14.3 Å². The van der Waals surface area contributed by atoms with Gasteiger partial charge in [-0.1, -0.05) is 22.9 Å². The Labute approximate surface area is 101 Å². The molecule has 4 nitrogen and oxygen atoms in total. The number of hydrogen-bond donors (Lipinski definition) is 0. The number of methoxy groups -OCH3 is 2. The summed E-state index contributed by atoms with van der Waals surface area (Å²) in [6.07, 6.45) is 0.723. The minimum atomic E-state index is 0.365. The Morgan fingerprint density at radius 3 is 2.75 bits per heavy atom. The van der Waals surface area contributed by atoms with E-state index in [0.717, 1.165) is 6.29 Å². The molecule has 0 aliphatic rings. The van der Waals surface area contributed by atoms with E-state index in [4.69, 9.17) is 21.1 Å². The number of benzene rings is 1. The maximum absolute atomic E-state index is 10.9. The Bertz CT molecular complexity index is 552. The number of rotatable bonds is 3. The third-order valence-corrected chi connectivity index (χ3v) is 3.30. The third kappa shape index (κ3) is 1.62. The molecule has 84 valence electrons. The van der Waals surface area contributed by atoms with Crippen molar-refractivity contribution in [3.63, 3.8) is 0 Å². The van der Waals surface area contributed by atoms with E-state index in [9.17, 15) is 4.79 Å². The Hall–Kier alpha value is -1.33. The number of thiazole rings is 1. The molecule has 0 saturated heterocycles. The molecule has 0 fully saturated rings. The summed E-state index contributed by atoms with van der Waals surface area (Å²) in [5.74, 6) is 1.05. The van der Waals surface area contributed by atoms with Gasteiger partial charge in [-0.05, 0) is 6.07 Å². The van der Waals surface area contributed by atoms with Gasteiger partial charge in [0.1, 0.15) is 4.70 Å². The van der Waals surface area contributed by atoms with E-state index < -0.39 is 0 Å². The Morgan fingerprint density at radius 1 is 1.44 bits per heavy atom. The van der Waals surface area contributed by atoms with Crippen LogP contribution < -0.4 is 9.47 Å². The van der Waals surface area contributed by atoms with Gasteiger partial charge in [-0.15, -0.1) is 0 Å². The number of nitrogens with zero attached hydrogens (tertiary/aromatic N) is 1. The molecular formula is C10H8ClNO3S. The topological polar surface area (TPSA) is 48.4 Å². The fraction of sp³-hybridized carbons (Fsp3) is 0.200. The van der Waals surface area contributed by atoms with Crippen molar-refractivity contribution in [2.24, 2.45) is 0 Å². The van der Waals surface area contributed by atoms with E-state index in [1.165, 1.54) is 25.6 Å². The minimum Gasteiger partial charge on any atom is -0.493 e. The maximum atomic E-state index is 10.9. The largest absolute Gasteiger partial charge is 0.493 e. The number of aromatic nitrogens is 1. The molecule has 2 aromatic rings. The van der Waals surface area contributed by atoms with Crippen molar-refractivity contribution >= 4 is 39.4 Å². The number of fused-ring (bicyclic) bond motifs is 1. The van der Waals surface area contributed by atoms with Crippen LogP contribution in [0.15, 0.2) is 6.07 Å². The Morgan fingerprint density at radius 2 is 2.19 bits per heavy atom. The highest BCUT2D eigenvalue weighted by molar-refractivity contribution is 7.22. The molecule has 0 bridgehead atoms. The van der Waals surface area contributed by atoms with E-state index >= 15 is 0 Å². The fourth-order valence-electron chi connectivity index (χ4n) is 1.47. The number of ether oxygens (including phenoxy) is 2. The number of aldehydes is 1. The molecule has 0 aliphatic carbocycles. The molecule has 2 rings (SSSR count). The van der Waals surface area contributed by atoms with Crippen LogP contribution in [0.1, 0.15) is 10.4 Å².